The molecule has 1 aromatic rings. The number of hydrogen-bond acceptors (Lipinski definition) is 3. The SMILES string of the molecule is CCCCCCCCCCCCCCCCS(=O)(=O)[O-].CC[N+](C)(C)Cc1ccccc1Br. The Morgan fingerprint density at radius 3 is 1.58 bits per heavy atom. The Morgan fingerprint density at radius 1 is 0.758 bits per heavy atom. The van der Waals surface area contributed by atoms with Crippen LogP contribution in [0.15, 0.2) is 28.7 Å². The van der Waals surface area contributed by atoms with E-state index in [0.717, 1.165) is 30.4 Å². The first kappa shape index (κ1) is 32.6. The van der Waals surface area contributed by atoms with E-state index in [1.165, 1.54) is 80.7 Å². The number of benzene rings is 1. The molecule has 0 saturated carbocycles. The summed E-state index contributed by atoms with van der Waals surface area (Å²) < 4.78 is 33.4. The smallest absolute Gasteiger partial charge is 0.105 e. The highest BCUT2D eigenvalue weighted by Crippen LogP contribution is 2.19. The number of quaternary nitrogens is 1. The van der Waals surface area contributed by atoms with Gasteiger partial charge in [-0.15, -0.1) is 0 Å². The molecule has 0 heterocycles. The second-order valence-electron chi connectivity index (χ2n) is 9.86. The van der Waals surface area contributed by atoms with Crippen LogP contribution in [0.3, 0.4) is 0 Å². The van der Waals surface area contributed by atoms with Gasteiger partial charge in [0.25, 0.3) is 0 Å². The summed E-state index contributed by atoms with van der Waals surface area (Å²) in [6.45, 7) is 6.70. The molecule has 0 aliphatic carbocycles. The van der Waals surface area contributed by atoms with Crippen molar-refractivity contribution in [1.29, 1.82) is 0 Å². The molecule has 0 spiro atoms. The third-order valence-corrected chi connectivity index (χ3v) is 7.72. The van der Waals surface area contributed by atoms with Crippen LogP contribution in [-0.2, 0) is 16.7 Å². The van der Waals surface area contributed by atoms with Crippen LogP contribution in [0.5, 0.6) is 0 Å². The van der Waals surface area contributed by atoms with Gasteiger partial charge in [0.15, 0.2) is 0 Å². The van der Waals surface area contributed by atoms with E-state index >= 15 is 0 Å². The molecule has 0 fully saturated rings. The Morgan fingerprint density at radius 2 is 1.18 bits per heavy atom. The number of nitrogens with zero attached hydrogens (tertiary/aromatic N) is 1. The van der Waals surface area contributed by atoms with Crippen molar-refractivity contribution in [2.75, 3.05) is 26.4 Å². The van der Waals surface area contributed by atoms with Gasteiger partial charge in [-0.2, -0.15) is 0 Å². The molecule has 4 nitrogen and oxygen atoms in total. The van der Waals surface area contributed by atoms with Gasteiger partial charge in [0.1, 0.15) is 6.54 Å². The summed E-state index contributed by atoms with van der Waals surface area (Å²) in [6, 6.07) is 8.43. The van der Waals surface area contributed by atoms with E-state index in [-0.39, 0.29) is 5.75 Å². The molecule has 0 unspecified atom stereocenters. The fourth-order valence-corrected chi connectivity index (χ4v) is 4.64. The van der Waals surface area contributed by atoms with E-state index in [9.17, 15) is 13.0 Å². The lowest BCUT2D eigenvalue weighted by molar-refractivity contribution is -0.901. The summed E-state index contributed by atoms with van der Waals surface area (Å²) in [4.78, 5) is 0. The van der Waals surface area contributed by atoms with Gasteiger partial charge in [0.05, 0.1) is 30.8 Å². The minimum absolute atomic E-state index is 0.189. The average Bonchev–Trinajstić information content (AvgIpc) is 2.75. The van der Waals surface area contributed by atoms with Gasteiger partial charge >= 0.3 is 0 Å². The van der Waals surface area contributed by atoms with Gasteiger partial charge in [-0.3, -0.25) is 0 Å². The van der Waals surface area contributed by atoms with Gasteiger partial charge in [-0.05, 0) is 19.4 Å². The van der Waals surface area contributed by atoms with Gasteiger partial charge in [-0.25, -0.2) is 8.42 Å². The maximum Gasteiger partial charge on any atom is 0.105 e. The summed E-state index contributed by atoms with van der Waals surface area (Å²) >= 11 is 3.57. The predicted molar refractivity (Wildman–Crippen MR) is 145 cm³/mol. The second kappa shape index (κ2) is 19.8. The molecular weight excluding hydrogens is 498 g/mol. The number of halogens is 1. The van der Waals surface area contributed by atoms with Crippen LogP contribution in [0.4, 0.5) is 0 Å². The molecule has 1 rings (SSSR count). The molecule has 194 valence electrons. The monoisotopic (exact) mass is 547 g/mol. The largest absolute Gasteiger partial charge is 0.748 e. The van der Waals surface area contributed by atoms with Crippen molar-refractivity contribution in [3.8, 4) is 0 Å². The second-order valence-corrected chi connectivity index (χ2v) is 12.2. The van der Waals surface area contributed by atoms with Crippen LogP contribution in [-0.4, -0.2) is 43.8 Å². The molecule has 0 aliphatic rings. The third-order valence-electron chi connectivity index (χ3n) is 6.16. The molecule has 33 heavy (non-hydrogen) atoms. The molecule has 0 amide bonds. The first-order valence-electron chi connectivity index (χ1n) is 13.1. The minimum atomic E-state index is -3.99. The van der Waals surface area contributed by atoms with Crippen molar-refractivity contribution in [1.82, 2.24) is 0 Å². The van der Waals surface area contributed by atoms with Crippen LogP contribution in [0.1, 0.15) is 109 Å². The fraction of sp³-hybridized carbons (Fsp3) is 0.778. The number of hydrogen-bond donors (Lipinski definition) is 0. The average molecular weight is 549 g/mol. The van der Waals surface area contributed by atoms with Crippen LogP contribution in [0.2, 0.25) is 0 Å². The lowest BCUT2D eigenvalue weighted by atomic mass is 10.0. The summed E-state index contributed by atoms with van der Waals surface area (Å²) in [5.74, 6) is -0.189. The molecule has 0 aromatic heterocycles. The topological polar surface area (TPSA) is 57.2 Å². The summed E-state index contributed by atoms with van der Waals surface area (Å²) in [5.41, 5.74) is 1.38. The van der Waals surface area contributed by atoms with Gasteiger partial charge in [0.2, 0.25) is 0 Å². The Labute approximate surface area is 214 Å². The summed E-state index contributed by atoms with van der Waals surface area (Å²) in [5, 5.41) is 0. The highest BCUT2D eigenvalue weighted by Gasteiger charge is 2.14. The molecule has 1 aromatic carbocycles. The first-order chi connectivity index (χ1) is 15.6. The van der Waals surface area contributed by atoms with Gasteiger partial charge < -0.3 is 9.04 Å². The lowest BCUT2D eigenvalue weighted by Gasteiger charge is -2.28. The van der Waals surface area contributed by atoms with Crippen molar-refractivity contribution in [2.24, 2.45) is 0 Å². The molecule has 0 saturated heterocycles. The van der Waals surface area contributed by atoms with Crippen LogP contribution in [0.25, 0.3) is 0 Å². The quantitative estimate of drug-likeness (QED) is 0.106. The van der Waals surface area contributed by atoms with E-state index in [1.807, 2.05) is 0 Å². The predicted octanol–water partition coefficient (Wildman–Crippen LogP) is 8.06. The van der Waals surface area contributed by atoms with Crippen LogP contribution < -0.4 is 0 Å². The van der Waals surface area contributed by atoms with Crippen molar-refractivity contribution in [3.05, 3.63) is 34.3 Å². The van der Waals surface area contributed by atoms with E-state index < -0.39 is 10.1 Å². The number of rotatable bonds is 18. The van der Waals surface area contributed by atoms with E-state index in [0.29, 0.717) is 6.42 Å². The normalized spacial score (nSPS) is 11.8. The van der Waals surface area contributed by atoms with E-state index in [4.69, 9.17) is 0 Å². The van der Waals surface area contributed by atoms with Crippen molar-refractivity contribution in [2.45, 2.75) is 110 Å². The Hall–Kier alpha value is -0.430. The molecule has 0 N–H and O–H groups in total. The molecule has 0 bridgehead atoms. The number of unbranched alkanes of at least 4 members (excludes halogenated alkanes) is 13. The molecule has 6 heteroatoms. The zero-order valence-electron chi connectivity index (χ0n) is 21.8. The van der Waals surface area contributed by atoms with E-state index in [2.05, 4.69) is 68.1 Å². The summed E-state index contributed by atoms with van der Waals surface area (Å²) in [7, 11) is 0.508. The third kappa shape index (κ3) is 21.8. The first-order valence-corrected chi connectivity index (χ1v) is 15.5. The van der Waals surface area contributed by atoms with E-state index in [1.54, 1.807) is 0 Å². The van der Waals surface area contributed by atoms with Crippen LogP contribution in [0, 0.1) is 0 Å². The minimum Gasteiger partial charge on any atom is -0.748 e. The summed E-state index contributed by atoms with van der Waals surface area (Å²) in [6.07, 6.45) is 17.2. The maximum absolute atomic E-state index is 10.4. The molecule has 0 aliphatic heterocycles. The Bertz CT molecular complexity index is 692. The molecule has 0 atom stereocenters. The lowest BCUT2D eigenvalue weighted by Crippen LogP contribution is -2.38. The van der Waals surface area contributed by atoms with Gasteiger partial charge in [0, 0.05) is 15.8 Å². The Kier molecular flexibility index (Phi) is 19.6. The fourth-order valence-electron chi connectivity index (χ4n) is 3.67. The van der Waals surface area contributed by atoms with Crippen LogP contribution >= 0.6 is 15.9 Å². The van der Waals surface area contributed by atoms with Gasteiger partial charge in [-0.1, -0.05) is 125 Å². The van der Waals surface area contributed by atoms with Crippen molar-refractivity contribution in [3.63, 3.8) is 0 Å². The molecular formula is C27H50BrNO3S. The highest BCUT2D eigenvalue weighted by atomic mass is 79.9. The Balaban J connectivity index is 0.000000676. The zero-order chi connectivity index (χ0) is 25.0. The standard InChI is InChI=1S/C16H34O3S.C11H17BrN/c1-2-3-4-5-6-7-8-9-10-11-12-13-14-15-16-20(17,18)19;1-4-13(2,3)9-10-7-5-6-8-11(10)12/h2-16H2,1H3,(H,17,18,19);5-8H,4,9H2,1-3H3/q;+1/p-1. The van der Waals surface area contributed by atoms with Crippen molar-refractivity contribution >= 4 is 26.0 Å². The zero-order valence-corrected chi connectivity index (χ0v) is 24.2. The van der Waals surface area contributed by atoms with Crippen molar-refractivity contribution < 1.29 is 17.5 Å². The maximum atomic E-state index is 10.4. The molecule has 0 radical (unpaired) electrons. The highest BCUT2D eigenvalue weighted by molar-refractivity contribution is 9.10.